The summed E-state index contributed by atoms with van der Waals surface area (Å²) >= 11 is 1.56. The minimum absolute atomic E-state index is 0.000179. The number of aromatic nitrogens is 3. The molecule has 11 heteroatoms. The zero-order valence-electron chi connectivity index (χ0n) is 25.7. The summed E-state index contributed by atoms with van der Waals surface area (Å²) in [6.45, 7) is 5.08. The van der Waals surface area contributed by atoms with Crippen molar-refractivity contribution in [2.75, 3.05) is 51.4 Å². The van der Waals surface area contributed by atoms with Crippen molar-refractivity contribution in [1.82, 2.24) is 24.9 Å². The molecule has 2 aliphatic heterocycles. The minimum Gasteiger partial charge on any atom is -0.473 e. The summed E-state index contributed by atoms with van der Waals surface area (Å²) in [7, 11) is 6.45. The van der Waals surface area contributed by atoms with E-state index in [0.717, 1.165) is 93.7 Å². The molecule has 43 heavy (non-hydrogen) atoms. The molecule has 3 aromatic heterocycles. The van der Waals surface area contributed by atoms with Gasteiger partial charge >= 0.3 is 0 Å². The molecular formula is C32H42N8O2S. The number of likely N-dealkylation sites (tertiary alicyclic amines) is 1. The Labute approximate surface area is 257 Å². The minimum atomic E-state index is -0.377. The lowest BCUT2D eigenvalue weighted by atomic mass is 9.63. The number of thiophene rings is 1. The van der Waals surface area contributed by atoms with Gasteiger partial charge in [0.2, 0.25) is 5.88 Å². The molecule has 0 aromatic carbocycles. The highest BCUT2D eigenvalue weighted by molar-refractivity contribution is 7.16. The summed E-state index contributed by atoms with van der Waals surface area (Å²) < 4.78 is 12.9. The predicted molar refractivity (Wildman–Crippen MR) is 168 cm³/mol. The third-order valence-electron chi connectivity index (χ3n) is 10.4. The Kier molecular flexibility index (Phi) is 7.35. The Morgan fingerprint density at radius 1 is 1.19 bits per heavy atom. The van der Waals surface area contributed by atoms with Gasteiger partial charge in [0, 0.05) is 41.7 Å². The van der Waals surface area contributed by atoms with E-state index in [1.807, 2.05) is 6.07 Å². The molecule has 228 valence electrons. The first-order chi connectivity index (χ1) is 20.8. The standard InChI is InChI=1S/C32H42N8O2S/c1-19(23-9-7-14-39(23)4)41-26-16-25(40-15-11-20(18-40)38(2)3)35-31(36-26)28-21-8-5-12-32(29(21)42-37-28)13-6-10-24-27(32)22(17-33)30(34)43-24/h16,19-20,23H,5-15,18,34H2,1-4H3/t19-,20+,23-,32-/m0/s1. The van der Waals surface area contributed by atoms with Gasteiger partial charge in [-0.3, -0.25) is 4.90 Å². The average Bonchev–Trinajstić information content (AvgIpc) is 3.78. The van der Waals surface area contributed by atoms with Crippen LogP contribution in [-0.2, 0) is 18.3 Å². The number of anilines is 2. The van der Waals surface area contributed by atoms with Crippen LogP contribution in [0.2, 0.25) is 0 Å². The van der Waals surface area contributed by atoms with Crippen LogP contribution in [0.1, 0.15) is 79.2 Å². The lowest BCUT2D eigenvalue weighted by Gasteiger charge is -2.39. The number of aryl methyl sites for hydroxylation is 1. The lowest BCUT2D eigenvalue weighted by molar-refractivity contribution is 0.117. The molecule has 0 unspecified atom stereocenters. The maximum atomic E-state index is 10.1. The molecule has 0 bridgehead atoms. The van der Waals surface area contributed by atoms with E-state index >= 15 is 0 Å². The van der Waals surface area contributed by atoms with E-state index in [4.69, 9.17) is 25.0 Å². The summed E-state index contributed by atoms with van der Waals surface area (Å²) in [5, 5.41) is 15.4. The van der Waals surface area contributed by atoms with Crippen molar-refractivity contribution in [1.29, 1.82) is 5.26 Å². The van der Waals surface area contributed by atoms with Gasteiger partial charge in [-0.2, -0.15) is 10.2 Å². The number of hydrogen-bond acceptors (Lipinski definition) is 11. The van der Waals surface area contributed by atoms with Gasteiger partial charge in [0.1, 0.15) is 23.0 Å². The van der Waals surface area contributed by atoms with E-state index in [9.17, 15) is 5.26 Å². The fraction of sp³-hybridized carbons (Fsp3) is 0.625. The van der Waals surface area contributed by atoms with Gasteiger partial charge < -0.3 is 24.8 Å². The van der Waals surface area contributed by atoms with E-state index in [0.29, 0.717) is 40.0 Å². The SMILES string of the molecule is C[C@H](Oc1cc(N2CC[C@@H](N(C)C)C2)nc(-c2noc3c2CCC[C@@]32CCCc3sc(N)c(C#N)c32)n1)[C@@H]1CCCN1C. The highest BCUT2D eigenvalue weighted by atomic mass is 32.1. The van der Waals surface area contributed by atoms with E-state index in [2.05, 4.69) is 54.0 Å². The first-order valence-corrected chi connectivity index (χ1v) is 16.6. The molecule has 2 saturated heterocycles. The Morgan fingerprint density at radius 3 is 2.72 bits per heavy atom. The molecule has 7 rings (SSSR count). The molecule has 4 atom stereocenters. The monoisotopic (exact) mass is 602 g/mol. The Balaban J connectivity index is 1.30. The van der Waals surface area contributed by atoms with Crippen LogP contribution in [0.3, 0.4) is 0 Å². The number of likely N-dealkylation sites (N-methyl/N-ethyl adjacent to an activating group) is 2. The summed E-state index contributed by atoms with van der Waals surface area (Å²) in [5.74, 6) is 2.88. The molecule has 1 spiro atoms. The van der Waals surface area contributed by atoms with Crippen molar-refractivity contribution in [2.24, 2.45) is 0 Å². The molecule has 0 amide bonds. The third kappa shape index (κ3) is 4.78. The summed E-state index contributed by atoms with van der Waals surface area (Å²) in [5.41, 5.74) is 9.44. The van der Waals surface area contributed by atoms with Crippen LogP contribution in [-0.4, -0.2) is 83.9 Å². The number of hydrogen-bond donors (Lipinski definition) is 1. The normalized spacial score (nSPS) is 26.1. The smallest absolute Gasteiger partial charge is 0.219 e. The second kappa shape index (κ2) is 11.1. The van der Waals surface area contributed by atoms with Crippen molar-refractivity contribution in [3.63, 3.8) is 0 Å². The molecule has 10 nitrogen and oxygen atoms in total. The second-order valence-corrected chi connectivity index (χ2v) is 14.3. The van der Waals surface area contributed by atoms with Crippen LogP contribution >= 0.6 is 11.3 Å². The number of ether oxygens (including phenoxy) is 1. The molecule has 2 aliphatic carbocycles. The molecule has 3 aromatic rings. The van der Waals surface area contributed by atoms with Crippen LogP contribution in [0.25, 0.3) is 11.5 Å². The molecule has 2 N–H and O–H groups in total. The molecule has 5 heterocycles. The quantitative estimate of drug-likeness (QED) is 0.428. The average molecular weight is 603 g/mol. The number of nitriles is 1. The fourth-order valence-electron chi connectivity index (χ4n) is 8.13. The number of nitrogen functional groups attached to an aromatic ring is 1. The topological polar surface area (TPSA) is 121 Å². The highest BCUT2D eigenvalue weighted by Gasteiger charge is 2.49. The van der Waals surface area contributed by atoms with Crippen LogP contribution < -0.4 is 15.4 Å². The Morgan fingerprint density at radius 2 is 2.00 bits per heavy atom. The van der Waals surface area contributed by atoms with Crippen LogP contribution in [0.15, 0.2) is 10.6 Å². The number of nitrogens with two attached hydrogens (primary N) is 1. The molecular weight excluding hydrogens is 560 g/mol. The first-order valence-electron chi connectivity index (χ1n) is 15.8. The molecule has 0 radical (unpaired) electrons. The second-order valence-electron chi connectivity index (χ2n) is 13.1. The van der Waals surface area contributed by atoms with Crippen LogP contribution in [0, 0.1) is 11.3 Å². The zero-order chi connectivity index (χ0) is 29.9. The number of fused-ring (bicyclic) bond motifs is 4. The predicted octanol–water partition coefficient (Wildman–Crippen LogP) is 4.61. The Hall–Kier alpha value is -3.20. The van der Waals surface area contributed by atoms with Crippen molar-refractivity contribution in [2.45, 2.75) is 88.3 Å². The largest absolute Gasteiger partial charge is 0.473 e. The molecule has 4 aliphatic rings. The summed E-state index contributed by atoms with van der Waals surface area (Å²) in [6, 6.07) is 5.25. The third-order valence-corrected chi connectivity index (χ3v) is 11.5. The summed E-state index contributed by atoms with van der Waals surface area (Å²) in [6.07, 6.45) is 9.05. The van der Waals surface area contributed by atoms with Crippen molar-refractivity contribution in [3.8, 4) is 23.5 Å². The molecule has 0 saturated carbocycles. The van der Waals surface area contributed by atoms with Gasteiger partial charge in [0.25, 0.3) is 0 Å². The van der Waals surface area contributed by atoms with Gasteiger partial charge in [-0.15, -0.1) is 11.3 Å². The van der Waals surface area contributed by atoms with Gasteiger partial charge in [-0.05, 0) is 98.0 Å². The Bertz CT molecular complexity index is 1560. The number of rotatable bonds is 6. The van der Waals surface area contributed by atoms with Crippen LogP contribution in [0.5, 0.6) is 5.88 Å². The van der Waals surface area contributed by atoms with Crippen molar-refractivity contribution < 1.29 is 9.26 Å². The van der Waals surface area contributed by atoms with E-state index < -0.39 is 0 Å². The van der Waals surface area contributed by atoms with Crippen molar-refractivity contribution in [3.05, 3.63) is 33.4 Å². The maximum Gasteiger partial charge on any atom is 0.219 e. The van der Waals surface area contributed by atoms with Crippen LogP contribution in [0.4, 0.5) is 10.8 Å². The fourth-order valence-corrected chi connectivity index (χ4v) is 9.29. The summed E-state index contributed by atoms with van der Waals surface area (Å²) in [4.78, 5) is 18.3. The van der Waals surface area contributed by atoms with E-state index in [1.54, 1.807) is 11.3 Å². The lowest BCUT2D eigenvalue weighted by Crippen LogP contribution is -2.38. The van der Waals surface area contributed by atoms with E-state index in [1.165, 1.54) is 11.3 Å². The number of nitrogens with zero attached hydrogens (tertiary/aromatic N) is 7. The first kappa shape index (κ1) is 28.6. The highest BCUT2D eigenvalue weighted by Crippen LogP contribution is 2.55. The van der Waals surface area contributed by atoms with Crippen molar-refractivity contribution >= 4 is 22.2 Å². The molecule has 2 fully saturated rings. The van der Waals surface area contributed by atoms with Gasteiger partial charge in [-0.25, -0.2) is 4.98 Å². The van der Waals surface area contributed by atoms with Gasteiger partial charge in [0.15, 0.2) is 17.3 Å². The van der Waals surface area contributed by atoms with Gasteiger partial charge in [0.05, 0.1) is 11.0 Å². The maximum absolute atomic E-state index is 10.1. The van der Waals surface area contributed by atoms with Gasteiger partial charge in [-0.1, -0.05) is 5.16 Å². The zero-order valence-corrected chi connectivity index (χ0v) is 26.5. The van der Waals surface area contributed by atoms with E-state index in [-0.39, 0.29) is 11.5 Å².